The van der Waals surface area contributed by atoms with Gasteiger partial charge in [-0.25, -0.2) is 4.98 Å². The molecule has 0 saturated carbocycles. The van der Waals surface area contributed by atoms with Gasteiger partial charge in [0.1, 0.15) is 11.6 Å². The highest BCUT2D eigenvalue weighted by molar-refractivity contribution is 6.04. The minimum atomic E-state index is -0.191. The molecule has 0 atom stereocenters. The molecule has 0 radical (unpaired) electrons. The van der Waals surface area contributed by atoms with E-state index in [0.29, 0.717) is 17.9 Å². The molecule has 3 aromatic rings. The van der Waals surface area contributed by atoms with Gasteiger partial charge in [0.2, 0.25) is 0 Å². The van der Waals surface area contributed by atoms with Gasteiger partial charge in [-0.2, -0.15) is 0 Å². The molecular weight excluding hydrogens is 338 g/mol. The third-order valence-electron chi connectivity index (χ3n) is 4.09. The van der Waals surface area contributed by atoms with E-state index in [2.05, 4.69) is 22.4 Å². The summed E-state index contributed by atoms with van der Waals surface area (Å²) < 4.78 is 5.40. The Morgan fingerprint density at radius 1 is 1.04 bits per heavy atom. The van der Waals surface area contributed by atoms with Gasteiger partial charge < -0.3 is 15.0 Å². The van der Waals surface area contributed by atoms with Crippen molar-refractivity contribution >= 4 is 17.4 Å². The van der Waals surface area contributed by atoms with Crippen molar-refractivity contribution in [1.29, 1.82) is 0 Å². The van der Waals surface area contributed by atoms with Gasteiger partial charge in [0, 0.05) is 25.5 Å². The minimum absolute atomic E-state index is 0.191. The number of nitrogens with zero attached hydrogens (tertiary/aromatic N) is 2. The average Bonchev–Trinajstić information content (AvgIpc) is 2.70. The van der Waals surface area contributed by atoms with E-state index in [9.17, 15) is 4.79 Å². The molecule has 1 amide bonds. The lowest BCUT2D eigenvalue weighted by Crippen LogP contribution is -2.18. The number of ether oxygens (including phenoxy) is 1. The molecule has 0 aliphatic rings. The zero-order valence-corrected chi connectivity index (χ0v) is 15.6. The van der Waals surface area contributed by atoms with E-state index in [1.165, 1.54) is 5.56 Å². The first-order valence-corrected chi connectivity index (χ1v) is 8.91. The maximum absolute atomic E-state index is 12.4. The molecule has 0 fully saturated rings. The largest absolute Gasteiger partial charge is 0.494 e. The second-order valence-corrected chi connectivity index (χ2v) is 6.16. The Hall–Kier alpha value is -3.34. The summed E-state index contributed by atoms with van der Waals surface area (Å²) in [5.74, 6) is 1.41. The number of aromatic nitrogens is 1. The van der Waals surface area contributed by atoms with Crippen LogP contribution in [-0.2, 0) is 6.54 Å². The molecule has 1 aromatic heterocycles. The second-order valence-electron chi connectivity index (χ2n) is 6.16. The van der Waals surface area contributed by atoms with E-state index in [1.807, 2.05) is 67.4 Å². The maximum atomic E-state index is 12.4. The molecule has 27 heavy (non-hydrogen) atoms. The Morgan fingerprint density at radius 3 is 2.41 bits per heavy atom. The summed E-state index contributed by atoms with van der Waals surface area (Å²) in [6.45, 7) is 3.30. The highest BCUT2D eigenvalue weighted by atomic mass is 16.5. The topological polar surface area (TPSA) is 54.5 Å². The molecule has 0 bridgehead atoms. The van der Waals surface area contributed by atoms with E-state index in [0.717, 1.165) is 18.1 Å². The molecular formula is C22H23N3O2. The van der Waals surface area contributed by atoms with Gasteiger partial charge in [0.15, 0.2) is 0 Å². The third kappa shape index (κ3) is 5.07. The van der Waals surface area contributed by atoms with Crippen LogP contribution in [-0.4, -0.2) is 24.5 Å². The van der Waals surface area contributed by atoms with Crippen LogP contribution in [0.3, 0.4) is 0 Å². The van der Waals surface area contributed by atoms with E-state index in [1.54, 1.807) is 12.3 Å². The van der Waals surface area contributed by atoms with Crippen molar-refractivity contribution in [3.05, 3.63) is 84.1 Å². The van der Waals surface area contributed by atoms with E-state index in [4.69, 9.17) is 4.74 Å². The number of benzene rings is 2. The van der Waals surface area contributed by atoms with E-state index in [-0.39, 0.29) is 5.91 Å². The number of anilines is 2. The smallest absolute Gasteiger partial charge is 0.257 e. The Kier molecular flexibility index (Phi) is 6.05. The van der Waals surface area contributed by atoms with Crippen molar-refractivity contribution in [3.63, 3.8) is 0 Å². The first-order valence-electron chi connectivity index (χ1n) is 8.91. The minimum Gasteiger partial charge on any atom is -0.494 e. The molecule has 5 heteroatoms. The Balaban J connectivity index is 1.61. The van der Waals surface area contributed by atoms with Crippen LogP contribution in [0.2, 0.25) is 0 Å². The number of hydrogen-bond donors (Lipinski definition) is 1. The van der Waals surface area contributed by atoms with Crippen LogP contribution < -0.4 is 15.0 Å². The molecule has 5 nitrogen and oxygen atoms in total. The zero-order valence-electron chi connectivity index (χ0n) is 15.6. The summed E-state index contributed by atoms with van der Waals surface area (Å²) in [5.41, 5.74) is 2.44. The van der Waals surface area contributed by atoms with Crippen LogP contribution in [0.25, 0.3) is 0 Å². The summed E-state index contributed by atoms with van der Waals surface area (Å²) in [4.78, 5) is 18.9. The summed E-state index contributed by atoms with van der Waals surface area (Å²) in [6, 6.07) is 21.1. The van der Waals surface area contributed by atoms with Crippen molar-refractivity contribution in [2.45, 2.75) is 13.5 Å². The number of carbonyl (C=O) groups excluding carboxylic acids is 1. The summed E-state index contributed by atoms with van der Waals surface area (Å²) in [5, 5.41) is 2.87. The number of nitrogens with one attached hydrogen (secondary N) is 1. The highest BCUT2D eigenvalue weighted by Crippen LogP contribution is 2.17. The Morgan fingerprint density at radius 2 is 1.78 bits per heavy atom. The molecule has 0 spiro atoms. The van der Waals surface area contributed by atoms with Crippen LogP contribution in [0, 0.1) is 0 Å². The molecule has 1 N–H and O–H groups in total. The van der Waals surface area contributed by atoms with Gasteiger partial charge >= 0.3 is 0 Å². The van der Waals surface area contributed by atoms with E-state index < -0.39 is 0 Å². The van der Waals surface area contributed by atoms with Crippen molar-refractivity contribution in [1.82, 2.24) is 4.98 Å². The fraction of sp³-hybridized carbons (Fsp3) is 0.182. The van der Waals surface area contributed by atoms with E-state index >= 15 is 0 Å². The van der Waals surface area contributed by atoms with Crippen molar-refractivity contribution in [3.8, 4) is 5.75 Å². The van der Waals surface area contributed by atoms with Gasteiger partial charge in [-0.05, 0) is 48.9 Å². The molecule has 0 aliphatic heterocycles. The number of carbonyl (C=O) groups is 1. The molecule has 2 aromatic carbocycles. The predicted molar refractivity (Wildman–Crippen MR) is 108 cm³/mol. The quantitative estimate of drug-likeness (QED) is 0.679. The fourth-order valence-corrected chi connectivity index (χ4v) is 2.69. The monoisotopic (exact) mass is 361 g/mol. The van der Waals surface area contributed by atoms with Crippen LogP contribution in [0.4, 0.5) is 11.5 Å². The summed E-state index contributed by atoms with van der Waals surface area (Å²) >= 11 is 0. The standard InChI is InChI=1S/C22H23N3O2/c1-3-27-20-12-10-19(11-13-20)24-22(26)18-9-14-21(23-15-18)25(2)16-17-7-5-4-6-8-17/h4-15H,3,16H2,1-2H3,(H,24,26). The molecule has 0 saturated heterocycles. The Bertz CT molecular complexity index is 862. The number of hydrogen-bond acceptors (Lipinski definition) is 4. The van der Waals surface area contributed by atoms with Crippen molar-refractivity contribution in [2.24, 2.45) is 0 Å². The van der Waals surface area contributed by atoms with Gasteiger partial charge in [0.25, 0.3) is 5.91 Å². The maximum Gasteiger partial charge on any atom is 0.257 e. The van der Waals surface area contributed by atoms with Crippen molar-refractivity contribution < 1.29 is 9.53 Å². The molecule has 0 aliphatic carbocycles. The van der Waals surface area contributed by atoms with Crippen LogP contribution in [0.15, 0.2) is 72.9 Å². The van der Waals surface area contributed by atoms with Gasteiger partial charge in [-0.3, -0.25) is 4.79 Å². The first-order chi connectivity index (χ1) is 13.2. The SMILES string of the molecule is CCOc1ccc(NC(=O)c2ccc(N(C)Cc3ccccc3)nc2)cc1. The average molecular weight is 361 g/mol. The summed E-state index contributed by atoms with van der Waals surface area (Å²) in [6.07, 6.45) is 1.60. The lowest BCUT2D eigenvalue weighted by molar-refractivity contribution is 0.102. The number of rotatable bonds is 7. The molecule has 138 valence electrons. The normalized spacial score (nSPS) is 10.3. The number of pyridine rings is 1. The second kappa shape index (κ2) is 8.85. The highest BCUT2D eigenvalue weighted by Gasteiger charge is 2.09. The third-order valence-corrected chi connectivity index (χ3v) is 4.09. The number of amides is 1. The van der Waals surface area contributed by atoms with Crippen LogP contribution >= 0.6 is 0 Å². The zero-order chi connectivity index (χ0) is 19.1. The molecule has 0 unspecified atom stereocenters. The van der Waals surface area contributed by atoms with Gasteiger partial charge in [0.05, 0.1) is 12.2 Å². The summed E-state index contributed by atoms with van der Waals surface area (Å²) in [7, 11) is 1.98. The lowest BCUT2D eigenvalue weighted by atomic mass is 10.2. The van der Waals surface area contributed by atoms with Gasteiger partial charge in [-0.1, -0.05) is 30.3 Å². The first kappa shape index (κ1) is 18.5. The van der Waals surface area contributed by atoms with Crippen LogP contribution in [0.1, 0.15) is 22.8 Å². The molecule has 3 rings (SSSR count). The Labute approximate surface area is 159 Å². The lowest BCUT2D eigenvalue weighted by Gasteiger charge is -2.18. The predicted octanol–water partition coefficient (Wildman–Crippen LogP) is 4.37. The van der Waals surface area contributed by atoms with Gasteiger partial charge in [-0.15, -0.1) is 0 Å². The molecule has 1 heterocycles. The van der Waals surface area contributed by atoms with Crippen molar-refractivity contribution in [2.75, 3.05) is 23.9 Å². The van der Waals surface area contributed by atoms with Crippen LogP contribution in [0.5, 0.6) is 5.75 Å². The fourth-order valence-electron chi connectivity index (χ4n) is 2.69.